The summed E-state index contributed by atoms with van der Waals surface area (Å²) < 4.78 is 38.7. The summed E-state index contributed by atoms with van der Waals surface area (Å²) in [5.41, 5.74) is 2.24. The Hall–Kier alpha value is -2.62. The molecule has 1 fully saturated rings. The monoisotopic (exact) mass is 475 g/mol. The topological polar surface area (TPSA) is 88.2 Å². The average Bonchev–Trinajstić information content (AvgIpc) is 2.85. The Morgan fingerprint density at radius 1 is 1.09 bits per heavy atom. The average molecular weight is 476 g/mol. The number of sulfonamides is 1. The molecular weight excluding hydrogens is 442 g/mol. The van der Waals surface area contributed by atoms with E-state index in [-0.39, 0.29) is 17.4 Å². The molecule has 0 aliphatic carbocycles. The lowest BCUT2D eigenvalue weighted by molar-refractivity contribution is -0.118. The van der Waals surface area contributed by atoms with Crippen molar-refractivity contribution in [1.29, 1.82) is 0 Å². The molecule has 0 spiro atoms. The van der Waals surface area contributed by atoms with Gasteiger partial charge in [0.25, 0.3) is 5.91 Å². The van der Waals surface area contributed by atoms with Crippen molar-refractivity contribution in [2.24, 2.45) is 0 Å². The molecule has 0 bridgehead atoms. The highest BCUT2D eigenvalue weighted by molar-refractivity contribution is 7.89. The van der Waals surface area contributed by atoms with Crippen LogP contribution in [0.5, 0.6) is 5.75 Å². The van der Waals surface area contributed by atoms with Crippen LogP contribution in [-0.4, -0.2) is 64.6 Å². The zero-order valence-electron chi connectivity index (χ0n) is 19.5. The van der Waals surface area contributed by atoms with Crippen molar-refractivity contribution in [3.63, 3.8) is 0 Å². The molecule has 1 heterocycles. The third-order valence-electron chi connectivity index (χ3n) is 5.67. The molecule has 0 saturated carbocycles. The molecule has 3 rings (SSSR count). The van der Waals surface area contributed by atoms with Crippen molar-refractivity contribution in [2.45, 2.75) is 32.1 Å². The molecule has 2 aromatic rings. The molecule has 1 aliphatic rings. The second kappa shape index (κ2) is 11.5. The van der Waals surface area contributed by atoms with Gasteiger partial charge in [0.05, 0.1) is 29.5 Å². The van der Waals surface area contributed by atoms with E-state index >= 15 is 0 Å². The fraction of sp³-hybridized carbons (Fsp3) is 0.458. The van der Waals surface area contributed by atoms with Crippen molar-refractivity contribution in [3.8, 4) is 5.75 Å². The van der Waals surface area contributed by atoms with Gasteiger partial charge in [0.15, 0.2) is 6.61 Å². The molecular formula is C24H33N3O5S. The standard InChI is InChI=1S/C24H33N3O5S/c1-4-19-9-7-8-10-23(19)32-18-24(28)25-21-17-20(11-12-22(21)26(5-2)6-3)33(29,30)27-13-15-31-16-14-27/h7-12,17H,4-6,13-16,18H2,1-3H3,(H,25,28). The van der Waals surface area contributed by atoms with Crippen LogP contribution in [0.1, 0.15) is 26.3 Å². The van der Waals surface area contributed by atoms with Gasteiger partial charge in [-0.3, -0.25) is 4.79 Å². The van der Waals surface area contributed by atoms with E-state index in [0.29, 0.717) is 37.7 Å². The number of aryl methyl sites for hydroxylation is 1. The Kier molecular flexibility index (Phi) is 8.71. The van der Waals surface area contributed by atoms with E-state index in [1.54, 1.807) is 12.1 Å². The predicted octanol–water partition coefficient (Wildman–Crippen LogP) is 3.13. The molecule has 2 aromatic carbocycles. The van der Waals surface area contributed by atoms with Gasteiger partial charge in [-0.2, -0.15) is 4.31 Å². The van der Waals surface area contributed by atoms with Crippen LogP contribution in [0.2, 0.25) is 0 Å². The van der Waals surface area contributed by atoms with E-state index in [9.17, 15) is 13.2 Å². The molecule has 0 unspecified atom stereocenters. The second-order valence-corrected chi connectivity index (χ2v) is 9.60. The summed E-state index contributed by atoms with van der Waals surface area (Å²) in [5, 5.41) is 2.87. The fourth-order valence-corrected chi connectivity index (χ4v) is 5.25. The minimum atomic E-state index is -3.69. The number of amides is 1. The SMILES string of the molecule is CCc1ccccc1OCC(=O)Nc1cc(S(=O)(=O)N2CCOCC2)ccc1N(CC)CC. The second-order valence-electron chi connectivity index (χ2n) is 7.67. The van der Waals surface area contributed by atoms with Gasteiger partial charge in [-0.1, -0.05) is 25.1 Å². The van der Waals surface area contributed by atoms with E-state index in [2.05, 4.69) is 10.2 Å². The summed E-state index contributed by atoms with van der Waals surface area (Å²) in [6.07, 6.45) is 0.797. The summed E-state index contributed by atoms with van der Waals surface area (Å²) in [6.45, 7) is 8.68. The predicted molar refractivity (Wildman–Crippen MR) is 130 cm³/mol. The summed E-state index contributed by atoms with van der Waals surface area (Å²) in [4.78, 5) is 15.0. The number of anilines is 2. The first-order chi connectivity index (χ1) is 15.9. The summed E-state index contributed by atoms with van der Waals surface area (Å²) >= 11 is 0. The molecule has 8 nitrogen and oxygen atoms in total. The Labute approximate surface area is 196 Å². The number of nitrogens with one attached hydrogen (secondary N) is 1. The zero-order chi connectivity index (χ0) is 23.8. The normalized spacial score (nSPS) is 14.6. The van der Waals surface area contributed by atoms with Crippen LogP contribution in [0.3, 0.4) is 0 Å². The first kappa shape index (κ1) is 25.0. The van der Waals surface area contributed by atoms with Gasteiger partial charge in [0, 0.05) is 26.2 Å². The van der Waals surface area contributed by atoms with Gasteiger partial charge >= 0.3 is 0 Å². The van der Waals surface area contributed by atoms with Gasteiger partial charge < -0.3 is 19.7 Å². The Bertz CT molecular complexity index is 1050. The van der Waals surface area contributed by atoms with E-state index in [1.165, 1.54) is 10.4 Å². The summed E-state index contributed by atoms with van der Waals surface area (Å²) in [6, 6.07) is 12.5. The maximum absolute atomic E-state index is 13.1. The van der Waals surface area contributed by atoms with Crippen LogP contribution in [0.4, 0.5) is 11.4 Å². The van der Waals surface area contributed by atoms with E-state index < -0.39 is 10.0 Å². The highest BCUT2D eigenvalue weighted by atomic mass is 32.2. The molecule has 1 N–H and O–H groups in total. The third kappa shape index (κ3) is 6.04. The molecule has 180 valence electrons. The first-order valence-electron chi connectivity index (χ1n) is 11.4. The molecule has 1 amide bonds. The van der Waals surface area contributed by atoms with Crippen LogP contribution in [0.25, 0.3) is 0 Å². The Balaban J connectivity index is 1.84. The summed E-state index contributed by atoms with van der Waals surface area (Å²) in [7, 11) is -3.69. The first-order valence-corrected chi connectivity index (χ1v) is 12.8. The Morgan fingerprint density at radius 2 is 1.79 bits per heavy atom. The molecule has 33 heavy (non-hydrogen) atoms. The van der Waals surface area contributed by atoms with Crippen molar-refractivity contribution >= 4 is 27.3 Å². The number of carbonyl (C=O) groups excluding carboxylic acids is 1. The smallest absolute Gasteiger partial charge is 0.262 e. The number of hydrogen-bond donors (Lipinski definition) is 1. The lowest BCUT2D eigenvalue weighted by Gasteiger charge is -2.28. The molecule has 0 aromatic heterocycles. The van der Waals surface area contributed by atoms with Crippen molar-refractivity contribution in [2.75, 3.05) is 56.2 Å². The maximum Gasteiger partial charge on any atom is 0.262 e. The fourth-order valence-electron chi connectivity index (χ4n) is 3.82. The zero-order valence-corrected chi connectivity index (χ0v) is 20.4. The number of para-hydroxylation sites is 1. The summed E-state index contributed by atoms with van der Waals surface area (Å²) in [5.74, 6) is 0.318. The number of benzene rings is 2. The molecule has 1 saturated heterocycles. The number of nitrogens with zero attached hydrogens (tertiary/aromatic N) is 2. The molecule has 0 radical (unpaired) electrons. The number of ether oxygens (including phenoxy) is 2. The van der Waals surface area contributed by atoms with Crippen molar-refractivity contribution in [1.82, 2.24) is 4.31 Å². The lowest BCUT2D eigenvalue weighted by Crippen LogP contribution is -2.40. The largest absolute Gasteiger partial charge is 0.483 e. The lowest BCUT2D eigenvalue weighted by atomic mass is 10.1. The number of rotatable bonds is 10. The highest BCUT2D eigenvalue weighted by Crippen LogP contribution is 2.30. The quantitative estimate of drug-likeness (QED) is 0.568. The molecule has 0 atom stereocenters. The van der Waals surface area contributed by atoms with Gasteiger partial charge in [0.2, 0.25) is 10.0 Å². The van der Waals surface area contributed by atoms with Gasteiger partial charge in [0.1, 0.15) is 5.75 Å². The van der Waals surface area contributed by atoms with Gasteiger partial charge in [-0.15, -0.1) is 0 Å². The number of carbonyl (C=O) groups is 1. The van der Waals surface area contributed by atoms with Crippen LogP contribution in [0, 0.1) is 0 Å². The maximum atomic E-state index is 13.1. The third-order valence-corrected chi connectivity index (χ3v) is 7.56. The van der Waals surface area contributed by atoms with Crippen LogP contribution < -0.4 is 15.0 Å². The van der Waals surface area contributed by atoms with Crippen molar-refractivity contribution in [3.05, 3.63) is 48.0 Å². The van der Waals surface area contributed by atoms with Gasteiger partial charge in [-0.25, -0.2) is 8.42 Å². The molecule has 1 aliphatic heterocycles. The van der Waals surface area contributed by atoms with Crippen LogP contribution in [0.15, 0.2) is 47.4 Å². The minimum absolute atomic E-state index is 0.146. The van der Waals surface area contributed by atoms with E-state index in [1.807, 2.05) is 45.0 Å². The van der Waals surface area contributed by atoms with E-state index in [0.717, 1.165) is 30.8 Å². The molecule has 9 heteroatoms. The minimum Gasteiger partial charge on any atom is -0.483 e. The number of morpholine rings is 1. The van der Waals surface area contributed by atoms with E-state index in [4.69, 9.17) is 9.47 Å². The number of hydrogen-bond acceptors (Lipinski definition) is 6. The van der Waals surface area contributed by atoms with Crippen LogP contribution in [-0.2, 0) is 26.0 Å². The Morgan fingerprint density at radius 3 is 2.45 bits per heavy atom. The van der Waals surface area contributed by atoms with Crippen molar-refractivity contribution < 1.29 is 22.7 Å². The highest BCUT2D eigenvalue weighted by Gasteiger charge is 2.27. The van der Waals surface area contributed by atoms with Gasteiger partial charge in [-0.05, 0) is 50.1 Å². The van der Waals surface area contributed by atoms with Crippen LogP contribution >= 0.6 is 0 Å².